The van der Waals surface area contributed by atoms with Crippen LogP contribution in [0.5, 0.6) is 5.75 Å². The lowest BCUT2D eigenvalue weighted by atomic mass is 10.1. The Morgan fingerprint density at radius 2 is 1.69 bits per heavy atom. The molecule has 6 nitrogen and oxygen atoms in total. The number of hydrogen-bond donors (Lipinski definition) is 0. The van der Waals surface area contributed by atoms with E-state index in [4.69, 9.17) is 9.47 Å². The number of likely N-dealkylation sites (tertiary alicyclic amines) is 1. The average molecular weight is 361 g/mol. The van der Waals surface area contributed by atoms with E-state index >= 15 is 0 Å². The Kier molecular flexibility index (Phi) is 5.73. The SMILES string of the molecule is CN1CCN(Cc2ccc(OC3CN(C(=O)OC(C)(C)C)C3)cc2)CC1. The summed E-state index contributed by atoms with van der Waals surface area (Å²) in [5.74, 6) is 0.862. The third kappa shape index (κ3) is 5.35. The first kappa shape index (κ1) is 19.0. The maximum atomic E-state index is 11.9. The van der Waals surface area contributed by atoms with Gasteiger partial charge in [0.15, 0.2) is 0 Å². The number of carbonyl (C=O) groups is 1. The van der Waals surface area contributed by atoms with Crippen LogP contribution in [-0.4, -0.2) is 78.8 Å². The molecule has 2 saturated heterocycles. The fraction of sp³-hybridized carbons (Fsp3) is 0.650. The number of carbonyl (C=O) groups excluding carboxylic acids is 1. The molecule has 2 heterocycles. The summed E-state index contributed by atoms with van der Waals surface area (Å²) >= 11 is 0. The number of hydrogen-bond acceptors (Lipinski definition) is 5. The molecule has 2 aliphatic rings. The highest BCUT2D eigenvalue weighted by Crippen LogP contribution is 2.21. The Morgan fingerprint density at radius 1 is 1.08 bits per heavy atom. The van der Waals surface area contributed by atoms with Crippen molar-refractivity contribution in [1.29, 1.82) is 0 Å². The predicted octanol–water partition coefficient (Wildman–Crippen LogP) is 2.43. The van der Waals surface area contributed by atoms with E-state index in [1.165, 1.54) is 5.56 Å². The van der Waals surface area contributed by atoms with Crippen LogP contribution in [0.15, 0.2) is 24.3 Å². The summed E-state index contributed by atoms with van der Waals surface area (Å²) in [7, 11) is 2.17. The van der Waals surface area contributed by atoms with Crippen molar-refractivity contribution in [1.82, 2.24) is 14.7 Å². The monoisotopic (exact) mass is 361 g/mol. The summed E-state index contributed by atoms with van der Waals surface area (Å²) in [4.78, 5) is 18.5. The lowest BCUT2D eigenvalue weighted by molar-refractivity contribution is -0.0221. The first-order chi connectivity index (χ1) is 12.3. The summed E-state index contributed by atoms with van der Waals surface area (Å²) in [5.41, 5.74) is 0.855. The second-order valence-electron chi connectivity index (χ2n) is 8.35. The molecule has 0 aromatic heterocycles. The van der Waals surface area contributed by atoms with E-state index in [1.54, 1.807) is 4.90 Å². The minimum Gasteiger partial charge on any atom is -0.487 e. The molecule has 2 fully saturated rings. The average Bonchev–Trinajstić information content (AvgIpc) is 2.52. The second-order valence-corrected chi connectivity index (χ2v) is 8.35. The highest BCUT2D eigenvalue weighted by atomic mass is 16.6. The molecule has 3 rings (SSSR count). The zero-order valence-corrected chi connectivity index (χ0v) is 16.4. The maximum Gasteiger partial charge on any atom is 0.410 e. The van der Waals surface area contributed by atoms with Crippen LogP contribution in [0, 0.1) is 0 Å². The molecule has 0 unspecified atom stereocenters. The lowest BCUT2D eigenvalue weighted by Crippen LogP contribution is -2.57. The summed E-state index contributed by atoms with van der Waals surface area (Å²) in [6, 6.07) is 8.33. The van der Waals surface area contributed by atoms with Crippen LogP contribution in [0.3, 0.4) is 0 Å². The topological polar surface area (TPSA) is 45.2 Å². The molecule has 0 N–H and O–H groups in total. The molecular formula is C20H31N3O3. The van der Waals surface area contributed by atoms with Crippen LogP contribution in [0.1, 0.15) is 26.3 Å². The predicted molar refractivity (Wildman–Crippen MR) is 101 cm³/mol. The van der Waals surface area contributed by atoms with Gasteiger partial charge < -0.3 is 19.3 Å². The molecule has 0 radical (unpaired) electrons. The van der Waals surface area contributed by atoms with Crippen LogP contribution < -0.4 is 4.74 Å². The van der Waals surface area contributed by atoms with E-state index in [0.717, 1.165) is 38.5 Å². The number of piperazine rings is 1. The van der Waals surface area contributed by atoms with Crippen LogP contribution in [0.25, 0.3) is 0 Å². The highest BCUT2D eigenvalue weighted by molar-refractivity contribution is 5.69. The van der Waals surface area contributed by atoms with Gasteiger partial charge in [0.1, 0.15) is 17.5 Å². The van der Waals surface area contributed by atoms with Crippen LogP contribution in [-0.2, 0) is 11.3 Å². The van der Waals surface area contributed by atoms with E-state index in [0.29, 0.717) is 13.1 Å². The Balaban J connectivity index is 1.41. The van der Waals surface area contributed by atoms with Gasteiger partial charge in [-0.3, -0.25) is 4.90 Å². The van der Waals surface area contributed by atoms with Gasteiger partial charge in [-0.15, -0.1) is 0 Å². The lowest BCUT2D eigenvalue weighted by Gasteiger charge is -2.39. The normalized spacial score (nSPS) is 19.9. The van der Waals surface area contributed by atoms with Gasteiger partial charge in [0.2, 0.25) is 0 Å². The van der Waals surface area contributed by atoms with Crippen molar-refractivity contribution >= 4 is 6.09 Å². The van der Waals surface area contributed by atoms with Crippen molar-refractivity contribution in [2.75, 3.05) is 46.3 Å². The Hall–Kier alpha value is -1.79. The quantitative estimate of drug-likeness (QED) is 0.824. The van der Waals surface area contributed by atoms with Gasteiger partial charge >= 0.3 is 6.09 Å². The summed E-state index contributed by atoms with van der Waals surface area (Å²) in [6.07, 6.45) is -0.217. The highest BCUT2D eigenvalue weighted by Gasteiger charge is 2.35. The molecule has 26 heavy (non-hydrogen) atoms. The van der Waals surface area contributed by atoms with Crippen LogP contribution in [0.4, 0.5) is 4.79 Å². The van der Waals surface area contributed by atoms with Gasteiger partial charge in [-0.1, -0.05) is 12.1 Å². The third-order valence-corrected chi connectivity index (χ3v) is 4.73. The minimum atomic E-state index is -0.456. The fourth-order valence-corrected chi connectivity index (χ4v) is 3.12. The number of nitrogens with zero attached hydrogens (tertiary/aromatic N) is 3. The van der Waals surface area contributed by atoms with Crippen molar-refractivity contribution in [2.45, 2.75) is 39.0 Å². The van der Waals surface area contributed by atoms with Gasteiger partial charge in [0.05, 0.1) is 13.1 Å². The Bertz CT molecular complexity index is 598. The van der Waals surface area contributed by atoms with E-state index in [2.05, 4.69) is 29.0 Å². The Morgan fingerprint density at radius 3 is 2.27 bits per heavy atom. The molecule has 1 aromatic rings. The first-order valence-corrected chi connectivity index (χ1v) is 9.43. The molecule has 6 heteroatoms. The molecule has 144 valence electrons. The van der Waals surface area contributed by atoms with Gasteiger partial charge in [0, 0.05) is 32.7 Å². The number of rotatable bonds is 4. The zero-order chi connectivity index (χ0) is 18.7. The standard InChI is InChI=1S/C20H31N3O3/c1-20(2,3)26-19(24)23-14-18(15-23)25-17-7-5-16(6-8-17)13-22-11-9-21(4)10-12-22/h5-8,18H,9-15H2,1-4H3. The number of likely N-dealkylation sites (N-methyl/N-ethyl adjacent to an activating group) is 1. The van der Waals surface area contributed by atoms with Crippen molar-refractivity contribution in [3.8, 4) is 5.75 Å². The van der Waals surface area contributed by atoms with Gasteiger partial charge in [-0.2, -0.15) is 0 Å². The van der Waals surface area contributed by atoms with Crippen LogP contribution in [0.2, 0.25) is 0 Å². The van der Waals surface area contributed by atoms with E-state index in [9.17, 15) is 4.79 Å². The van der Waals surface area contributed by atoms with E-state index in [1.807, 2.05) is 32.9 Å². The van der Waals surface area contributed by atoms with Crippen molar-refractivity contribution < 1.29 is 14.3 Å². The Labute approximate surface area is 156 Å². The molecule has 2 aliphatic heterocycles. The number of benzene rings is 1. The smallest absolute Gasteiger partial charge is 0.410 e. The number of amides is 1. The van der Waals surface area contributed by atoms with E-state index in [-0.39, 0.29) is 12.2 Å². The van der Waals surface area contributed by atoms with Crippen molar-refractivity contribution in [3.05, 3.63) is 29.8 Å². The van der Waals surface area contributed by atoms with Gasteiger partial charge in [-0.25, -0.2) is 4.79 Å². The molecule has 0 aliphatic carbocycles. The van der Waals surface area contributed by atoms with Crippen molar-refractivity contribution in [2.24, 2.45) is 0 Å². The van der Waals surface area contributed by atoms with Crippen LogP contribution >= 0.6 is 0 Å². The maximum absolute atomic E-state index is 11.9. The molecule has 0 atom stereocenters. The summed E-state index contributed by atoms with van der Waals surface area (Å²) in [5, 5.41) is 0. The van der Waals surface area contributed by atoms with Gasteiger partial charge in [0.25, 0.3) is 0 Å². The van der Waals surface area contributed by atoms with E-state index < -0.39 is 5.60 Å². The molecule has 0 saturated carbocycles. The van der Waals surface area contributed by atoms with Gasteiger partial charge in [-0.05, 0) is 45.5 Å². The third-order valence-electron chi connectivity index (χ3n) is 4.73. The van der Waals surface area contributed by atoms with Crippen molar-refractivity contribution in [3.63, 3.8) is 0 Å². The molecule has 1 amide bonds. The fourth-order valence-electron chi connectivity index (χ4n) is 3.12. The second kappa shape index (κ2) is 7.84. The zero-order valence-electron chi connectivity index (χ0n) is 16.4. The first-order valence-electron chi connectivity index (χ1n) is 9.43. The number of ether oxygens (including phenoxy) is 2. The summed E-state index contributed by atoms with van der Waals surface area (Å²) < 4.78 is 11.3. The molecule has 1 aromatic carbocycles. The minimum absolute atomic E-state index is 0.0472. The molecule has 0 spiro atoms. The summed E-state index contributed by atoms with van der Waals surface area (Å²) in [6.45, 7) is 12.3. The molecule has 0 bridgehead atoms. The molecular weight excluding hydrogens is 330 g/mol. The largest absolute Gasteiger partial charge is 0.487 e.